The monoisotopic (exact) mass is 397 g/mol. The van der Waals surface area contributed by atoms with Crippen molar-refractivity contribution in [2.24, 2.45) is 0 Å². The number of nitriles is 1. The van der Waals surface area contributed by atoms with Gasteiger partial charge in [-0.2, -0.15) is 5.26 Å². The standard InChI is InChI=1S/C23H31N3OS/c1-8-16(6)19(9-2)20(10-3)23-26(7)25-22(28-23)17-11-12-21(27-15(4)5)18(13-17)14-24/h10-13,15,22-23,25H,3,6,8-9H2,1-2,4-5,7H3/b20-19+. The van der Waals surface area contributed by atoms with Crippen LogP contribution in [0.15, 0.2) is 54.2 Å². The Morgan fingerprint density at radius 2 is 2.11 bits per heavy atom. The van der Waals surface area contributed by atoms with E-state index in [0.717, 1.165) is 24.0 Å². The molecule has 4 nitrogen and oxygen atoms in total. The number of benzene rings is 1. The Bertz CT molecular complexity index is 807. The lowest BCUT2D eigenvalue weighted by Gasteiger charge is -2.22. The first-order valence-electron chi connectivity index (χ1n) is 9.74. The van der Waals surface area contributed by atoms with Gasteiger partial charge in [0.2, 0.25) is 0 Å². The van der Waals surface area contributed by atoms with Crippen molar-refractivity contribution < 1.29 is 4.74 Å². The Kier molecular flexibility index (Phi) is 7.94. The van der Waals surface area contributed by atoms with E-state index >= 15 is 0 Å². The largest absolute Gasteiger partial charge is 0.490 e. The fraction of sp³-hybridized carbons (Fsp3) is 0.435. The van der Waals surface area contributed by atoms with Crippen LogP contribution in [0.1, 0.15) is 57.0 Å². The van der Waals surface area contributed by atoms with Crippen LogP contribution in [-0.4, -0.2) is 23.5 Å². The zero-order valence-electron chi connectivity index (χ0n) is 17.6. The molecular weight excluding hydrogens is 366 g/mol. The zero-order valence-corrected chi connectivity index (χ0v) is 18.4. The summed E-state index contributed by atoms with van der Waals surface area (Å²) in [6.45, 7) is 16.5. The van der Waals surface area contributed by atoms with E-state index < -0.39 is 0 Å². The summed E-state index contributed by atoms with van der Waals surface area (Å²) in [7, 11) is 2.05. The van der Waals surface area contributed by atoms with Crippen LogP contribution in [-0.2, 0) is 0 Å². The number of rotatable bonds is 8. The first-order chi connectivity index (χ1) is 13.4. The maximum Gasteiger partial charge on any atom is 0.137 e. The second-order valence-corrected chi connectivity index (χ2v) is 8.28. The van der Waals surface area contributed by atoms with E-state index in [9.17, 15) is 5.26 Å². The van der Waals surface area contributed by atoms with Crippen LogP contribution in [0.4, 0.5) is 0 Å². The number of likely N-dealkylation sites (N-methyl/N-ethyl adjacent to an activating group) is 1. The molecule has 0 spiro atoms. The quantitative estimate of drug-likeness (QED) is 0.569. The highest BCUT2D eigenvalue weighted by Gasteiger charge is 2.34. The maximum absolute atomic E-state index is 9.52. The van der Waals surface area contributed by atoms with E-state index in [0.29, 0.717) is 11.3 Å². The molecule has 1 saturated heterocycles. The SMILES string of the molecule is C=C/C(=C(/CC)C(=C)CC)C1SC(c2ccc(OC(C)C)c(C#N)c2)NN1C. The first kappa shape index (κ1) is 22.3. The summed E-state index contributed by atoms with van der Waals surface area (Å²) in [6, 6.07) is 8.10. The predicted octanol–water partition coefficient (Wildman–Crippen LogP) is 5.71. The van der Waals surface area contributed by atoms with Gasteiger partial charge in [-0.25, -0.2) is 10.4 Å². The number of hydrazine groups is 1. The molecule has 2 unspecified atom stereocenters. The molecule has 0 saturated carbocycles. The molecule has 0 aliphatic carbocycles. The Hall–Kier alpha value is -2.00. The van der Waals surface area contributed by atoms with Crippen molar-refractivity contribution in [2.45, 2.75) is 57.4 Å². The molecule has 0 amide bonds. The third-order valence-corrected chi connectivity index (χ3v) is 6.25. The molecule has 1 aliphatic rings. The normalized spacial score (nSPS) is 20.6. The van der Waals surface area contributed by atoms with Gasteiger partial charge in [-0.1, -0.05) is 44.7 Å². The molecule has 0 aromatic heterocycles. The summed E-state index contributed by atoms with van der Waals surface area (Å²) in [6.07, 6.45) is 3.86. The van der Waals surface area contributed by atoms with Gasteiger partial charge in [-0.3, -0.25) is 0 Å². The molecule has 150 valence electrons. The average molecular weight is 398 g/mol. The van der Waals surface area contributed by atoms with Crippen molar-refractivity contribution in [1.29, 1.82) is 5.26 Å². The molecule has 0 radical (unpaired) electrons. The molecule has 1 aromatic rings. The van der Waals surface area contributed by atoms with Crippen LogP contribution in [0.3, 0.4) is 0 Å². The van der Waals surface area contributed by atoms with Gasteiger partial charge in [0, 0.05) is 7.05 Å². The van der Waals surface area contributed by atoms with E-state index in [4.69, 9.17) is 4.74 Å². The Labute approximate surface area is 173 Å². The molecule has 2 atom stereocenters. The maximum atomic E-state index is 9.52. The van der Waals surface area contributed by atoms with Crippen molar-refractivity contribution in [3.8, 4) is 11.8 Å². The van der Waals surface area contributed by atoms with Gasteiger partial charge in [-0.05, 0) is 55.5 Å². The molecule has 28 heavy (non-hydrogen) atoms. The van der Waals surface area contributed by atoms with Crippen molar-refractivity contribution in [3.63, 3.8) is 0 Å². The lowest BCUT2D eigenvalue weighted by atomic mass is 9.96. The lowest BCUT2D eigenvalue weighted by Crippen LogP contribution is -2.34. The lowest BCUT2D eigenvalue weighted by molar-refractivity contribution is 0.241. The summed E-state index contributed by atoms with van der Waals surface area (Å²) in [4.78, 5) is 0. The topological polar surface area (TPSA) is 48.3 Å². The number of ether oxygens (including phenoxy) is 1. The van der Waals surface area contributed by atoms with E-state index in [1.54, 1.807) is 0 Å². The van der Waals surface area contributed by atoms with Crippen LogP contribution >= 0.6 is 11.8 Å². The van der Waals surface area contributed by atoms with Crippen molar-refractivity contribution >= 4 is 11.8 Å². The fourth-order valence-electron chi connectivity index (χ4n) is 3.34. The summed E-state index contributed by atoms with van der Waals surface area (Å²) < 4.78 is 5.75. The highest BCUT2D eigenvalue weighted by atomic mass is 32.2. The Balaban J connectivity index is 2.32. The van der Waals surface area contributed by atoms with Crippen LogP contribution in [0.25, 0.3) is 0 Å². The van der Waals surface area contributed by atoms with Gasteiger partial charge in [0.25, 0.3) is 0 Å². The summed E-state index contributed by atoms with van der Waals surface area (Å²) >= 11 is 1.81. The van der Waals surface area contributed by atoms with E-state index in [-0.39, 0.29) is 16.9 Å². The van der Waals surface area contributed by atoms with Crippen LogP contribution in [0.5, 0.6) is 5.75 Å². The number of nitrogens with zero attached hydrogens (tertiary/aromatic N) is 2. The summed E-state index contributed by atoms with van der Waals surface area (Å²) in [5, 5.41) is 11.8. The van der Waals surface area contributed by atoms with Crippen molar-refractivity contribution in [3.05, 3.63) is 65.3 Å². The third kappa shape index (κ3) is 4.88. The summed E-state index contributed by atoms with van der Waals surface area (Å²) in [5.74, 6) is 0.633. The first-order valence-corrected chi connectivity index (χ1v) is 10.7. The fourth-order valence-corrected chi connectivity index (χ4v) is 4.75. The smallest absolute Gasteiger partial charge is 0.137 e. The van der Waals surface area contributed by atoms with Gasteiger partial charge >= 0.3 is 0 Å². The number of allylic oxidation sites excluding steroid dienone is 2. The molecule has 1 heterocycles. The van der Waals surface area contributed by atoms with E-state index in [2.05, 4.69) is 43.5 Å². The molecule has 1 N–H and O–H groups in total. The number of hydrogen-bond donors (Lipinski definition) is 1. The van der Waals surface area contributed by atoms with Crippen molar-refractivity contribution in [1.82, 2.24) is 10.4 Å². The van der Waals surface area contributed by atoms with Crippen LogP contribution < -0.4 is 10.2 Å². The van der Waals surface area contributed by atoms with Crippen LogP contribution in [0.2, 0.25) is 0 Å². The third-order valence-electron chi connectivity index (χ3n) is 4.77. The molecule has 5 heteroatoms. The minimum absolute atomic E-state index is 0.0341. The Morgan fingerprint density at radius 3 is 2.64 bits per heavy atom. The minimum Gasteiger partial charge on any atom is -0.490 e. The minimum atomic E-state index is 0.0341. The molecule has 0 bridgehead atoms. The molecule has 1 aliphatic heterocycles. The second kappa shape index (κ2) is 9.97. The number of nitrogens with one attached hydrogen (secondary N) is 1. The van der Waals surface area contributed by atoms with Gasteiger partial charge in [-0.15, -0.1) is 11.8 Å². The highest BCUT2D eigenvalue weighted by Crippen LogP contribution is 2.43. The van der Waals surface area contributed by atoms with Gasteiger partial charge in [0.05, 0.1) is 22.4 Å². The molecular formula is C23H31N3OS. The Morgan fingerprint density at radius 1 is 1.39 bits per heavy atom. The number of hydrogen-bond acceptors (Lipinski definition) is 5. The average Bonchev–Trinajstić information content (AvgIpc) is 3.06. The summed E-state index contributed by atoms with van der Waals surface area (Å²) in [5.41, 5.74) is 8.79. The van der Waals surface area contributed by atoms with E-state index in [1.807, 2.05) is 56.9 Å². The van der Waals surface area contributed by atoms with Crippen molar-refractivity contribution in [2.75, 3.05) is 7.05 Å². The zero-order chi connectivity index (χ0) is 20.8. The highest BCUT2D eigenvalue weighted by molar-refractivity contribution is 8.00. The molecule has 2 rings (SSSR count). The molecule has 1 fully saturated rings. The van der Waals surface area contributed by atoms with Gasteiger partial charge in [0.1, 0.15) is 11.8 Å². The number of thioether (sulfide) groups is 1. The molecule has 1 aromatic carbocycles. The van der Waals surface area contributed by atoms with Crippen LogP contribution in [0, 0.1) is 11.3 Å². The second-order valence-electron chi connectivity index (χ2n) is 7.09. The van der Waals surface area contributed by atoms with Gasteiger partial charge < -0.3 is 4.74 Å². The van der Waals surface area contributed by atoms with Gasteiger partial charge in [0.15, 0.2) is 0 Å². The van der Waals surface area contributed by atoms with E-state index in [1.165, 1.54) is 11.1 Å². The predicted molar refractivity (Wildman–Crippen MR) is 119 cm³/mol.